The maximum atomic E-state index is 6.15. The molecule has 17 heavy (non-hydrogen) atoms. The molecule has 0 spiro atoms. The third kappa shape index (κ3) is 2.83. The monoisotopic (exact) mass is 239 g/mol. The summed E-state index contributed by atoms with van der Waals surface area (Å²) in [5, 5.41) is 0. The summed E-state index contributed by atoms with van der Waals surface area (Å²) in [7, 11) is 2.24. The topological polar surface area (TPSA) is 32.5 Å². The second-order valence-electron chi connectivity index (χ2n) is 6.29. The van der Waals surface area contributed by atoms with Gasteiger partial charge in [0, 0.05) is 31.2 Å². The fraction of sp³-hybridized carbons (Fsp3) is 1.00. The SMILES string of the molecule is CCCN(CC1CC1)C1(CN)CC(C)N(C)C1. The molecule has 1 saturated carbocycles. The molecule has 0 aromatic heterocycles. The van der Waals surface area contributed by atoms with Gasteiger partial charge < -0.3 is 10.6 Å². The third-order valence-electron chi connectivity index (χ3n) is 4.69. The highest BCUT2D eigenvalue weighted by molar-refractivity contribution is 5.03. The van der Waals surface area contributed by atoms with E-state index in [9.17, 15) is 0 Å². The molecule has 0 aromatic rings. The van der Waals surface area contributed by atoms with Crippen molar-refractivity contribution in [3.05, 3.63) is 0 Å². The van der Waals surface area contributed by atoms with Crippen LogP contribution in [0.4, 0.5) is 0 Å². The van der Waals surface area contributed by atoms with Gasteiger partial charge in [-0.15, -0.1) is 0 Å². The Labute approximate surface area is 106 Å². The zero-order valence-corrected chi connectivity index (χ0v) is 11.8. The lowest BCUT2D eigenvalue weighted by Gasteiger charge is -2.40. The highest BCUT2D eigenvalue weighted by Gasteiger charge is 2.45. The summed E-state index contributed by atoms with van der Waals surface area (Å²) in [5.41, 5.74) is 6.41. The van der Waals surface area contributed by atoms with Crippen LogP contribution >= 0.6 is 0 Å². The average molecular weight is 239 g/mol. The summed E-state index contributed by atoms with van der Waals surface area (Å²) in [6, 6.07) is 0.678. The number of hydrogen-bond donors (Lipinski definition) is 1. The molecule has 1 heterocycles. The van der Waals surface area contributed by atoms with E-state index in [0.717, 1.165) is 19.0 Å². The Kier molecular flexibility index (Phi) is 4.11. The first-order chi connectivity index (χ1) is 8.11. The lowest BCUT2D eigenvalue weighted by molar-refractivity contribution is 0.0955. The van der Waals surface area contributed by atoms with Crippen LogP contribution in [0.3, 0.4) is 0 Å². The molecular formula is C14H29N3. The van der Waals surface area contributed by atoms with Crippen LogP contribution in [0.15, 0.2) is 0 Å². The van der Waals surface area contributed by atoms with Crippen molar-refractivity contribution in [3.8, 4) is 0 Å². The van der Waals surface area contributed by atoms with Gasteiger partial charge in [-0.2, -0.15) is 0 Å². The minimum Gasteiger partial charge on any atom is -0.329 e. The number of likely N-dealkylation sites (tertiary alicyclic amines) is 1. The van der Waals surface area contributed by atoms with Crippen molar-refractivity contribution in [2.45, 2.75) is 51.1 Å². The van der Waals surface area contributed by atoms with Crippen LogP contribution in [0, 0.1) is 5.92 Å². The van der Waals surface area contributed by atoms with Gasteiger partial charge in [-0.3, -0.25) is 4.90 Å². The maximum Gasteiger partial charge on any atom is 0.0473 e. The molecule has 2 rings (SSSR count). The lowest BCUT2D eigenvalue weighted by Crippen LogP contribution is -2.56. The average Bonchev–Trinajstić information content (AvgIpc) is 3.06. The number of nitrogens with zero attached hydrogens (tertiary/aromatic N) is 2. The maximum absolute atomic E-state index is 6.15. The highest BCUT2D eigenvalue weighted by Crippen LogP contribution is 2.36. The first-order valence-electron chi connectivity index (χ1n) is 7.26. The Morgan fingerprint density at radius 3 is 2.53 bits per heavy atom. The quantitative estimate of drug-likeness (QED) is 0.763. The summed E-state index contributed by atoms with van der Waals surface area (Å²) >= 11 is 0. The van der Waals surface area contributed by atoms with Crippen molar-refractivity contribution in [2.75, 3.05) is 33.2 Å². The number of nitrogens with two attached hydrogens (primary N) is 1. The number of likely N-dealkylation sites (N-methyl/N-ethyl adjacent to an activating group) is 1. The molecular weight excluding hydrogens is 210 g/mol. The molecule has 2 N–H and O–H groups in total. The van der Waals surface area contributed by atoms with Crippen molar-refractivity contribution in [3.63, 3.8) is 0 Å². The fourth-order valence-electron chi connectivity index (χ4n) is 3.30. The van der Waals surface area contributed by atoms with E-state index in [0.29, 0.717) is 6.04 Å². The molecule has 3 nitrogen and oxygen atoms in total. The van der Waals surface area contributed by atoms with Crippen LogP contribution in [0.25, 0.3) is 0 Å². The van der Waals surface area contributed by atoms with Gasteiger partial charge in [0.1, 0.15) is 0 Å². The molecule has 0 amide bonds. The predicted octanol–water partition coefficient (Wildman–Crippen LogP) is 1.53. The van der Waals surface area contributed by atoms with Gasteiger partial charge in [0.2, 0.25) is 0 Å². The molecule has 0 aromatic carbocycles. The van der Waals surface area contributed by atoms with Crippen LogP contribution in [-0.2, 0) is 0 Å². The molecule has 0 bridgehead atoms. The molecule has 1 aliphatic heterocycles. The smallest absolute Gasteiger partial charge is 0.0473 e. The Hall–Kier alpha value is -0.120. The summed E-state index contributed by atoms with van der Waals surface area (Å²) in [4.78, 5) is 5.19. The predicted molar refractivity (Wildman–Crippen MR) is 73.1 cm³/mol. The van der Waals surface area contributed by atoms with Crippen LogP contribution in [-0.4, -0.2) is 54.6 Å². The molecule has 1 aliphatic carbocycles. The van der Waals surface area contributed by atoms with E-state index in [4.69, 9.17) is 5.73 Å². The van der Waals surface area contributed by atoms with Gasteiger partial charge in [0.25, 0.3) is 0 Å². The van der Waals surface area contributed by atoms with E-state index in [1.54, 1.807) is 0 Å². The molecule has 2 atom stereocenters. The number of hydrogen-bond acceptors (Lipinski definition) is 3. The Morgan fingerprint density at radius 2 is 2.12 bits per heavy atom. The molecule has 0 radical (unpaired) electrons. The van der Waals surface area contributed by atoms with Gasteiger partial charge in [0.05, 0.1) is 0 Å². The summed E-state index contributed by atoms with van der Waals surface area (Å²) in [6.45, 7) is 9.08. The van der Waals surface area contributed by atoms with Crippen LogP contribution < -0.4 is 5.73 Å². The second-order valence-corrected chi connectivity index (χ2v) is 6.29. The van der Waals surface area contributed by atoms with E-state index in [-0.39, 0.29) is 5.54 Å². The van der Waals surface area contributed by atoms with E-state index >= 15 is 0 Å². The molecule has 2 unspecified atom stereocenters. The van der Waals surface area contributed by atoms with Crippen LogP contribution in [0.2, 0.25) is 0 Å². The summed E-state index contributed by atoms with van der Waals surface area (Å²) in [6.07, 6.45) is 5.36. The lowest BCUT2D eigenvalue weighted by atomic mass is 9.93. The van der Waals surface area contributed by atoms with Gasteiger partial charge in [0.15, 0.2) is 0 Å². The minimum absolute atomic E-state index is 0.257. The minimum atomic E-state index is 0.257. The van der Waals surface area contributed by atoms with E-state index in [2.05, 4.69) is 30.7 Å². The first kappa shape index (κ1) is 13.3. The zero-order valence-electron chi connectivity index (χ0n) is 11.8. The second kappa shape index (κ2) is 5.25. The van der Waals surface area contributed by atoms with Crippen LogP contribution in [0.5, 0.6) is 0 Å². The van der Waals surface area contributed by atoms with E-state index in [1.807, 2.05) is 0 Å². The standard InChI is InChI=1S/C14H29N3/c1-4-7-17(9-13-5-6-13)14(10-15)8-12(2)16(3)11-14/h12-13H,4-11,15H2,1-3H3. The molecule has 2 aliphatic rings. The first-order valence-corrected chi connectivity index (χ1v) is 7.26. The zero-order chi connectivity index (χ0) is 12.5. The normalized spacial score (nSPS) is 34.8. The summed E-state index contributed by atoms with van der Waals surface area (Å²) in [5.74, 6) is 0.964. The largest absolute Gasteiger partial charge is 0.329 e. The fourth-order valence-corrected chi connectivity index (χ4v) is 3.30. The molecule has 2 fully saturated rings. The van der Waals surface area contributed by atoms with Crippen molar-refractivity contribution in [2.24, 2.45) is 11.7 Å². The summed E-state index contributed by atoms with van der Waals surface area (Å²) < 4.78 is 0. The van der Waals surface area contributed by atoms with Gasteiger partial charge >= 0.3 is 0 Å². The highest BCUT2D eigenvalue weighted by atomic mass is 15.3. The van der Waals surface area contributed by atoms with Crippen LogP contribution in [0.1, 0.15) is 39.5 Å². The van der Waals surface area contributed by atoms with Gasteiger partial charge in [-0.25, -0.2) is 0 Å². The molecule has 1 saturated heterocycles. The van der Waals surface area contributed by atoms with Crippen molar-refractivity contribution < 1.29 is 0 Å². The van der Waals surface area contributed by atoms with Crippen molar-refractivity contribution >= 4 is 0 Å². The van der Waals surface area contributed by atoms with Gasteiger partial charge in [-0.05, 0) is 52.1 Å². The molecule has 3 heteroatoms. The Bertz CT molecular complexity index is 240. The van der Waals surface area contributed by atoms with Gasteiger partial charge in [-0.1, -0.05) is 6.92 Å². The number of rotatable bonds is 6. The Balaban J connectivity index is 2.06. The van der Waals surface area contributed by atoms with E-state index in [1.165, 1.54) is 38.8 Å². The van der Waals surface area contributed by atoms with E-state index < -0.39 is 0 Å². The van der Waals surface area contributed by atoms with Crippen molar-refractivity contribution in [1.29, 1.82) is 0 Å². The Morgan fingerprint density at radius 1 is 1.41 bits per heavy atom. The molecule has 100 valence electrons. The third-order valence-corrected chi connectivity index (χ3v) is 4.69. The van der Waals surface area contributed by atoms with Crippen molar-refractivity contribution in [1.82, 2.24) is 9.80 Å².